The molecule has 1 fully saturated rings. The van der Waals surface area contributed by atoms with E-state index in [0.29, 0.717) is 18.7 Å². The lowest BCUT2D eigenvalue weighted by Crippen LogP contribution is -2.39. The Labute approximate surface area is 160 Å². The number of oxime groups is 1. The van der Waals surface area contributed by atoms with Gasteiger partial charge in [-0.05, 0) is 37.1 Å². The average molecular weight is 363 g/mol. The van der Waals surface area contributed by atoms with Gasteiger partial charge >= 0.3 is 0 Å². The highest BCUT2D eigenvalue weighted by atomic mass is 16.6. The highest BCUT2D eigenvalue weighted by Gasteiger charge is 2.29. The predicted molar refractivity (Wildman–Crippen MR) is 105 cm³/mol. The molecule has 0 radical (unpaired) electrons. The van der Waals surface area contributed by atoms with Gasteiger partial charge in [0.2, 0.25) is 0 Å². The van der Waals surface area contributed by atoms with Crippen molar-refractivity contribution in [3.05, 3.63) is 71.8 Å². The highest BCUT2D eigenvalue weighted by molar-refractivity contribution is 6.39. The summed E-state index contributed by atoms with van der Waals surface area (Å²) in [5.41, 5.74) is 2.76. The molecule has 0 aromatic heterocycles. The molecule has 2 atom stereocenters. The second-order valence-electron chi connectivity index (χ2n) is 7.13. The molecule has 0 bridgehead atoms. The molecule has 2 aliphatic heterocycles. The quantitative estimate of drug-likeness (QED) is 0.855. The van der Waals surface area contributed by atoms with Gasteiger partial charge < -0.3 is 10.2 Å². The maximum absolute atomic E-state index is 12.6. The molecule has 2 aromatic carbocycles. The van der Waals surface area contributed by atoms with Gasteiger partial charge in [-0.25, -0.2) is 0 Å². The van der Waals surface area contributed by atoms with E-state index in [2.05, 4.69) is 39.6 Å². The van der Waals surface area contributed by atoms with E-state index < -0.39 is 0 Å². The predicted octanol–water partition coefficient (Wildman–Crippen LogP) is 3.46. The van der Waals surface area contributed by atoms with Gasteiger partial charge in [-0.3, -0.25) is 9.69 Å². The summed E-state index contributed by atoms with van der Waals surface area (Å²) in [6, 6.07) is 20.5. The zero-order chi connectivity index (χ0) is 18.5. The van der Waals surface area contributed by atoms with Crippen molar-refractivity contribution in [1.82, 2.24) is 10.2 Å². The molecule has 1 amide bonds. The Morgan fingerprint density at radius 1 is 1.07 bits per heavy atom. The molecule has 1 N–H and O–H groups in total. The van der Waals surface area contributed by atoms with Gasteiger partial charge in [0, 0.05) is 13.0 Å². The molecule has 4 rings (SSSR count). The first-order valence-corrected chi connectivity index (χ1v) is 9.66. The molecule has 2 heterocycles. The van der Waals surface area contributed by atoms with Gasteiger partial charge in [0.25, 0.3) is 5.91 Å². The van der Waals surface area contributed by atoms with E-state index in [1.807, 2.05) is 36.4 Å². The lowest BCUT2D eigenvalue weighted by Gasteiger charge is -2.28. The molecule has 0 aliphatic carbocycles. The molecule has 2 aliphatic rings. The summed E-state index contributed by atoms with van der Waals surface area (Å²) in [7, 11) is 0. The topological polar surface area (TPSA) is 53.9 Å². The third kappa shape index (κ3) is 4.19. The van der Waals surface area contributed by atoms with Gasteiger partial charge in [-0.15, -0.1) is 0 Å². The fourth-order valence-electron chi connectivity index (χ4n) is 3.84. The van der Waals surface area contributed by atoms with Gasteiger partial charge in [0.1, 0.15) is 5.71 Å². The number of nitrogens with one attached hydrogen (secondary N) is 1. The lowest BCUT2D eigenvalue weighted by atomic mass is 10.0. The summed E-state index contributed by atoms with van der Waals surface area (Å²) >= 11 is 0. The smallest absolute Gasteiger partial charge is 0.269 e. The Balaban J connectivity index is 1.37. The zero-order valence-corrected chi connectivity index (χ0v) is 15.4. The highest BCUT2D eigenvalue weighted by Crippen LogP contribution is 2.27. The number of carbonyl (C=O) groups excluding carboxylic acids is 1. The van der Waals surface area contributed by atoms with Crippen LogP contribution >= 0.6 is 0 Å². The van der Waals surface area contributed by atoms with E-state index in [0.717, 1.165) is 18.7 Å². The van der Waals surface area contributed by atoms with Crippen molar-refractivity contribution in [2.45, 2.75) is 31.4 Å². The van der Waals surface area contributed by atoms with Crippen LogP contribution in [-0.4, -0.2) is 36.2 Å². The Kier molecular flexibility index (Phi) is 5.49. The molecule has 0 spiro atoms. The number of nitrogens with zero attached hydrogens (tertiary/aromatic N) is 2. The molecule has 5 heteroatoms. The van der Waals surface area contributed by atoms with Crippen molar-refractivity contribution in [3.8, 4) is 0 Å². The third-order valence-corrected chi connectivity index (χ3v) is 5.32. The molecule has 5 nitrogen and oxygen atoms in total. The van der Waals surface area contributed by atoms with Crippen molar-refractivity contribution in [2.75, 3.05) is 19.6 Å². The minimum Gasteiger partial charge on any atom is -0.387 e. The second-order valence-corrected chi connectivity index (χ2v) is 7.13. The second kappa shape index (κ2) is 8.35. The first-order chi connectivity index (χ1) is 13.3. The van der Waals surface area contributed by atoms with Crippen molar-refractivity contribution in [1.29, 1.82) is 0 Å². The van der Waals surface area contributed by atoms with E-state index in [4.69, 9.17) is 4.84 Å². The largest absolute Gasteiger partial charge is 0.387 e. The van der Waals surface area contributed by atoms with E-state index in [9.17, 15) is 4.79 Å². The minimum atomic E-state index is -0.171. The number of carbonyl (C=O) groups is 1. The van der Waals surface area contributed by atoms with Crippen LogP contribution in [0, 0.1) is 0 Å². The number of hydrogen-bond donors (Lipinski definition) is 1. The Morgan fingerprint density at radius 2 is 1.74 bits per heavy atom. The molecule has 27 heavy (non-hydrogen) atoms. The number of likely N-dealkylation sites (tertiary alicyclic amines) is 1. The van der Waals surface area contributed by atoms with Crippen LogP contribution in [0.3, 0.4) is 0 Å². The van der Waals surface area contributed by atoms with E-state index in [1.165, 1.54) is 18.4 Å². The minimum absolute atomic E-state index is 0.131. The lowest BCUT2D eigenvalue weighted by molar-refractivity contribution is -0.115. The van der Waals surface area contributed by atoms with Crippen LogP contribution in [0.2, 0.25) is 0 Å². The molecule has 2 aromatic rings. The number of hydrogen-bond acceptors (Lipinski definition) is 4. The number of benzene rings is 2. The van der Waals surface area contributed by atoms with Crippen molar-refractivity contribution >= 4 is 11.6 Å². The molecule has 1 saturated heterocycles. The van der Waals surface area contributed by atoms with E-state index in [1.54, 1.807) is 0 Å². The summed E-state index contributed by atoms with van der Waals surface area (Å²) in [5.74, 6) is -0.131. The first-order valence-electron chi connectivity index (χ1n) is 9.66. The van der Waals surface area contributed by atoms with Crippen LogP contribution in [0.4, 0.5) is 0 Å². The monoisotopic (exact) mass is 363 g/mol. The normalized spacial score (nSPS) is 20.7. The molecular formula is C22H25N3O2. The summed E-state index contributed by atoms with van der Waals surface area (Å²) < 4.78 is 0. The molecular weight excluding hydrogens is 338 g/mol. The summed E-state index contributed by atoms with van der Waals surface area (Å²) in [5, 5.41) is 7.11. The van der Waals surface area contributed by atoms with Crippen LogP contribution in [0.5, 0.6) is 0 Å². The van der Waals surface area contributed by atoms with E-state index >= 15 is 0 Å². The van der Waals surface area contributed by atoms with Crippen LogP contribution in [0.1, 0.15) is 42.5 Å². The molecule has 2 unspecified atom stereocenters. The fourth-order valence-corrected chi connectivity index (χ4v) is 3.84. The summed E-state index contributed by atoms with van der Waals surface area (Å²) in [6.45, 7) is 2.74. The van der Waals surface area contributed by atoms with Gasteiger partial charge in [0.05, 0.1) is 6.04 Å². The molecule has 0 saturated carbocycles. The average Bonchev–Trinajstić information content (AvgIpc) is 3.42. The van der Waals surface area contributed by atoms with Gasteiger partial charge in [-0.2, -0.15) is 0 Å². The summed E-state index contributed by atoms with van der Waals surface area (Å²) in [6.07, 6.45) is 2.78. The maximum Gasteiger partial charge on any atom is 0.269 e. The maximum atomic E-state index is 12.6. The Morgan fingerprint density at radius 3 is 2.44 bits per heavy atom. The van der Waals surface area contributed by atoms with Crippen LogP contribution < -0.4 is 5.32 Å². The van der Waals surface area contributed by atoms with Crippen LogP contribution in [-0.2, 0) is 9.63 Å². The van der Waals surface area contributed by atoms with Crippen LogP contribution in [0.25, 0.3) is 0 Å². The van der Waals surface area contributed by atoms with Crippen molar-refractivity contribution in [3.63, 3.8) is 0 Å². The third-order valence-electron chi connectivity index (χ3n) is 5.32. The van der Waals surface area contributed by atoms with Gasteiger partial charge in [0.15, 0.2) is 6.10 Å². The zero-order valence-electron chi connectivity index (χ0n) is 15.4. The number of rotatable bonds is 6. The Hall–Kier alpha value is -2.66. The number of amides is 1. The van der Waals surface area contributed by atoms with Crippen LogP contribution in [0.15, 0.2) is 65.8 Å². The van der Waals surface area contributed by atoms with E-state index in [-0.39, 0.29) is 18.1 Å². The Bertz CT molecular complexity index is 786. The fraction of sp³-hybridized carbons (Fsp3) is 0.364. The van der Waals surface area contributed by atoms with Gasteiger partial charge in [-0.1, -0.05) is 65.8 Å². The van der Waals surface area contributed by atoms with Crippen molar-refractivity contribution in [2.24, 2.45) is 5.16 Å². The SMILES string of the molecule is O=C(NCC(c1ccccc1)N1CCCC1)C1=NOC(c2ccccc2)C1. The first kappa shape index (κ1) is 17.7. The standard InChI is InChI=1S/C22H25N3O2/c26-22(19-15-21(27-24-19)18-11-5-2-6-12-18)23-16-20(25-13-7-8-14-25)17-9-3-1-4-10-17/h1-6,9-12,20-21H,7-8,13-16H2,(H,23,26). The molecule has 140 valence electrons. The summed E-state index contributed by atoms with van der Waals surface area (Å²) in [4.78, 5) is 20.6. The van der Waals surface area contributed by atoms with Crippen molar-refractivity contribution < 1.29 is 9.63 Å².